The summed E-state index contributed by atoms with van der Waals surface area (Å²) >= 11 is 0. The maximum absolute atomic E-state index is 9.39. The molecular formula is C32H20O. The summed E-state index contributed by atoms with van der Waals surface area (Å²) in [5.74, 6) is -0.437. The monoisotopic (exact) mass is 429 g/mol. The molecule has 0 unspecified atom stereocenters. The quantitative estimate of drug-likeness (QED) is 0.266. The van der Waals surface area contributed by atoms with Crippen LogP contribution in [-0.2, 0) is 0 Å². The smallest absolute Gasteiger partial charge is 0.135 e. The summed E-state index contributed by atoms with van der Waals surface area (Å²) in [6.45, 7) is 0. The molecule has 0 fully saturated rings. The Kier molecular flexibility index (Phi) is 2.46. The predicted molar refractivity (Wildman–Crippen MR) is 138 cm³/mol. The number of fused-ring (bicyclic) bond motifs is 3. The molecule has 154 valence electrons. The third kappa shape index (κ3) is 2.79. The highest BCUT2D eigenvalue weighted by Gasteiger charge is 2.21. The van der Waals surface area contributed by atoms with Crippen molar-refractivity contribution in [2.75, 3.05) is 0 Å². The van der Waals surface area contributed by atoms with E-state index < -0.39 is 36.3 Å². The van der Waals surface area contributed by atoms with E-state index in [0.29, 0.717) is 5.56 Å². The second-order valence-corrected chi connectivity index (χ2v) is 7.83. The molecule has 1 aliphatic heterocycles. The second-order valence-electron chi connectivity index (χ2n) is 7.83. The van der Waals surface area contributed by atoms with Crippen LogP contribution >= 0.6 is 0 Å². The molecule has 0 radical (unpaired) electrons. The molecule has 0 spiro atoms. The zero-order valence-corrected chi connectivity index (χ0v) is 17.3. The molecule has 0 aliphatic carbocycles. The number of ether oxygens (including phenoxy) is 1. The van der Waals surface area contributed by atoms with Gasteiger partial charge in [-0.2, -0.15) is 0 Å². The Morgan fingerprint density at radius 3 is 2.21 bits per heavy atom. The summed E-state index contributed by atoms with van der Waals surface area (Å²) in [4.78, 5) is 0. The van der Waals surface area contributed by atoms with Crippen LogP contribution in [0.1, 0.15) is 12.3 Å². The zero-order valence-electron chi connectivity index (χ0n) is 26.3. The molecule has 1 heterocycles. The molecule has 0 amide bonds. The van der Waals surface area contributed by atoms with Crippen LogP contribution in [0.25, 0.3) is 54.9 Å². The first kappa shape index (κ1) is 11.5. The molecule has 0 saturated carbocycles. The lowest BCUT2D eigenvalue weighted by molar-refractivity contribution is 0.487. The summed E-state index contributed by atoms with van der Waals surface area (Å²) in [5, 5.41) is 1.90. The molecule has 7 rings (SSSR count). The van der Waals surface area contributed by atoms with Gasteiger partial charge in [0.15, 0.2) is 0 Å². The van der Waals surface area contributed by atoms with Crippen LogP contribution in [0.2, 0.25) is 0 Å². The van der Waals surface area contributed by atoms with Crippen molar-refractivity contribution in [1.82, 2.24) is 0 Å². The van der Waals surface area contributed by atoms with Crippen LogP contribution in [-0.4, -0.2) is 0 Å². The average Bonchev–Trinajstić information content (AvgIpc) is 3.00. The lowest BCUT2D eigenvalue weighted by atomic mass is 9.88. The molecule has 33 heavy (non-hydrogen) atoms. The predicted octanol–water partition coefficient (Wildman–Crippen LogP) is 9.10. The fraction of sp³-hybridized carbons (Fsp3) is 0. The highest BCUT2D eigenvalue weighted by atomic mass is 16.5. The average molecular weight is 430 g/mol. The van der Waals surface area contributed by atoms with E-state index >= 15 is 0 Å². The van der Waals surface area contributed by atoms with Crippen molar-refractivity contribution in [3.8, 4) is 44.9 Å². The van der Waals surface area contributed by atoms with Crippen molar-refractivity contribution in [2.24, 2.45) is 0 Å². The summed E-state index contributed by atoms with van der Waals surface area (Å²) in [6.07, 6.45) is 0. The third-order valence-corrected chi connectivity index (χ3v) is 5.97. The number of hydrogen-bond acceptors (Lipinski definition) is 1. The topological polar surface area (TPSA) is 9.23 Å². The minimum absolute atomic E-state index is 0.00774. The summed E-state index contributed by atoms with van der Waals surface area (Å²) < 4.78 is 84.3. The molecule has 1 nitrogen and oxygen atoms in total. The molecule has 1 aliphatic rings. The van der Waals surface area contributed by atoms with Gasteiger partial charge in [0.25, 0.3) is 0 Å². The van der Waals surface area contributed by atoms with Crippen molar-refractivity contribution in [1.29, 1.82) is 0 Å². The fourth-order valence-corrected chi connectivity index (χ4v) is 4.48. The Labute approximate surface area is 205 Å². The Bertz CT molecular complexity index is 2160. The number of rotatable bonds is 2. The van der Waals surface area contributed by atoms with Crippen LogP contribution in [0.15, 0.2) is 121 Å². The van der Waals surface area contributed by atoms with Gasteiger partial charge in [0, 0.05) is 10.9 Å². The molecule has 0 aromatic heterocycles. The van der Waals surface area contributed by atoms with Gasteiger partial charge in [-0.1, -0.05) is 103 Å². The Morgan fingerprint density at radius 2 is 1.27 bits per heavy atom. The number of hydrogen-bond donors (Lipinski definition) is 0. The second kappa shape index (κ2) is 7.08. The number of benzene rings is 6. The van der Waals surface area contributed by atoms with E-state index in [9.17, 15) is 1.37 Å². The molecule has 6 aromatic rings. The van der Waals surface area contributed by atoms with Crippen LogP contribution in [0.3, 0.4) is 0 Å². The van der Waals surface area contributed by atoms with Crippen molar-refractivity contribution in [3.05, 3.63) is 121 Å². The SMILES string of the molecule is [2H]c1c([2H])c(-c2ccccc2-c2cccc3ccccc23)c([2H])c2c1Oc1c([2H])c([2H])c([2H])c3c([2H])c([2H])c([2H])c-2c13. The molecule has 0 atom stereocenters. The first-order chi connectivity index (χ1) is 20.1. The molecular weight excluding hydrogens is 400 g/mol. The largest absolute Gasteiger partial charge is 0.456 e. The van der Waals surface area contributed by atoms with E-state index in [1.54, 1.807) is 12.1 Å². The van der Waals surface area contributed by atoms with Gasteiger partial charge in [0.2, 0.25) is 0 Å². The van der Waals surface area contributed by atoms with Crippen molar-refractivity contribution >= 4 is 21.5 Å². The van der Waals surface area contributed by atoms with Gasteiger partial charge in [-0.3, -0.25) is 0 Å². The minimum Gasteiger partial charge on any atom is -0.456 e. The van der Waals surface area contributed by atoms with Crippen LogP contribution < -0.4 is 4.74 Å². The Morgan fingerprint density at radius 1 is 0.515 bits per heavy atom. The lowest BCUT2D eigenvalue weighted by Gasteiger charge is -2.22. The van der Waals surface area contributed by atoms with Gasteiger partial charge in [0.1, 0.15) is 11.5 Å². The molecule has 1 heteroatoms. The third-order valence-electron chi connectivity index (χ3n) is 5.97. The Hall–Kier alpha value is -4.36. The van der Waals surface area contributed by atoms with E-state index in [1.165, 1.54) is 0 Å². The first-order valence-corrected chi connectivity index (χ1v) is 10.6. The van der Waals surface area contributed by atoms with Crippen molar-refractivity contribution in [2.45, 2.75) is 0 Å². The maximum Gasteiger partial charge on any atom is 0.135 e. The summed E-state index contributed by atoms with van der Waals surface area (Å²) in [7, 11) is 0. The van der Waals surface area contributed by atoms with Gasteiger partial charge in [0.05, 0.1) is 12.3 Å². The van der Waals surface area contributed by atoms with Crippen LogP contribution in [0.4, 0.5) is 0 Å². The van der Waals surface area contributed by atoms with Gasteiger partial charge in [-0.15, -0.1) is 0 Å². The van der Waals surface area contributed by atoms with Gasteiger partial charge < -0.3 is 4.74 Å². The van der Waals surface area contributed by atoms with Gasteiger partial charge in [-0.05, 0) is 62.1 Å². The van der Waals surface area contributed by atoms with E-state index in [-0.39, 0.29) is 57.1 Å². The standard InChI is InChI=1S/C32H20O/c1-2-12-24-21(8-1)9-5-15-27(24)26-14-4-3-13-25(26)23-18-19-30-29(20-23)28-16-6-10-22-11-7-17-31(33-30)32(22)28/h1-20H/i6D,7D,10D,11D,16D,17D,18D,19D,20D. The maximum atomic E-state index is 9.39. The van der Waals surface area contributed by atoms with Gasteiger partial charge >= 0.3 is 0 Å². The lowest BCUT2D eigenvalue weighted by Crippen LogP contribution is -1.97. The Balaban J connectivity index is 1.62. The first-order valence-electron chi connectivity index (χ1n) is 15.1. The van der Waals surface area contributed by atoms with Crippen LogP contribution in [0.5, 0.6) is 11.5 Å². The van der Waals surface area contributed by atoms with E-state index in [0.717, 1.165) is 21.9 Å². The van der Waals surface area contributed by atoms with Crippen molar-refractivity contribution < 1.29 is 17.1 Å². The molecule has 0 N–H and O–H groups in total. The fourth-order valence-electron chi connectivity index (χ4n) is 4.48. The summed E-state index contributed by atoms with van der Waals surface area (Å²) in [5.41, 5.74) is 2.27. The molecule has 0 bridgehead atoms. The van der Waals surface area contributed by atoms with Crippen molar-refractivity contribution in [3.63, 3.8) is 0 Å². The van der Waals surface area contributed by atoms with E-state index in [1.807, 2.05) is 54.6 Å². The van der Waals surface area contributed by atoms with Gasteiger partial charge in [-0.25, -0.2) is 0 Å². The van der Waals surface area contributed by atoms with E-state index in [4.69, 9.17) is 15.7 Å². The highest BCUT2D eigenvalue weighted by Crippen LogP contribution is 2.48. The minimum atomic E-state index is -0.512. The zero-order chi connectivity index (χ0) is 29.6. The molecule has 0 saturated heterocycles. The normalized spacial score (nSPS) is 15.7. The highest BCUT2D eigenvalue weighted by molar-refractivity contribution is 6.05. The van der Waals surface area contributed by atoms with Crippen LogP contribution in [0, 0.1) is 0 Å². The van der Waals surface area contributed by atoms with E-state index in [2.05, 4.69) is 0 Å². The molecule has 6 aromatic carbocycles. The summed E-state index contributed by atoms with van der Waals surface area (Å²) in [6, 6.07) is 17.5.